The molecular formula is C13H15F3O3S. The molecule has 0 saturated carbocycles. The molecule has 2 rings (SSSR count). The number of aliphatic hydroxyl groups excluding tert-OH is 1. The number of hydrogen-bond donors (Lipinski definition) is 1. The minimum Gasteiger partial charge on any atom is -0.392 e. The molecule has 7 heteroatoms. The predicted molar refractivity (Wildman–Crippen MR) is 67.9 cm³/mol. The van der Waals surface area contributed by atoms with E-state index in [1.165, 1.54) is 12.1 Å². The molecule has 1 aromatic rings. The maximum absolute atomic E-state index is 12.4. The van der Waals surface area contributed by atoms with E-state index in [4.69, 9.17) is 0 Å². The zero-order chi connectivity index (χ0) is 15.0. The van der Waals surface area contributed by atoms with Crippen LogP contribution in [0.5, 0.6) is 0 Å². The Hall–Kier alpha value is -1.08. The molecule has 0 amide bonds. The average molecular weight is 308 g/mol. The monoisotopic (exact) mass is 308 g/mol. The van der Waals surface area contributed by atoms with E-state index < -0.39 is 27.7 Å². The summed E-state index contributed by atoms with van der Waals surface area (Å²) < 4.78 is 59.8. The molecule has 0 radical (unpaired) electrons. The van der Waals surface area contributed by atoms with Crippen LogP contribution in [0.1, 0.15) is 17.5 Å². The van der Waals surface area contributed by atoms with E-state index in [1.807, 2.05) is 0 Å². The molecule has 2 unspecified atom stereocenters. The standard InChI is InChI=1S/C13H15F3O3S/c14-13(15,16)11-3-1-9(2-4-11)7-12(17)10-5-6-20(18,19)8-10/h1-4,10,12,17H,5-8H2. The van der Waals surface area contributed by atoms with Crippen LogP contribution in [-0.4, -0.2) is 31.1 Å². The number of hydrogen-bond acceptors (Lipinski definition) is 3. The quantitative estimate of drug-likeness (QED) is 0.930. The Morgan fingerprint density at radius 3 is 2.30 bits per heavy atom. The lowest BCUT2D eigenvalue weighted by atomic mass is 9.95. The molecule has 0 aliphatic carbocycles. The van der Waals surface area contributed by atoms with Gasteiger partial charge in [-0.2, -0.15) is 13.2 Å². The molecule has 3 nitrogen and oxygen atoms in total. The SMILES string of the molecule is O=S1(=O)CCC(C(O)Cc2ccc(C(F)(F)F)cc2)C1. The Labute approximate surface area is 115 Å². The molecule has 0 bridgehead atoms. The van der Waals surface area contributed by atoms with Crippen LogP contribution in [0.25, 0.3) is 0 Å². The van der Waals surface area contributed by atoms with Gasteiger partial charge in [-0.15, -0.1) is 0 Å². The lowest BCUT2D eigenvalue weighted by Crippen LogP contribution is -2.24. The van der Waals surface area contributed by atoms with Gasteiger partial charge in [0.15, 0.2) is 9.84 Å². The van der Waals surface area contributed by atoms with Crippen LogP contribution < -0.4 is 0 Å². The van der Waals surface area contributed by atoms with Gasteiger partial charge in [0, 0.05) is 5.92 Å². The molecule has 1 saturated heterocycles. The summed E-state index contributed by atoms with van der Waals surface area (Å²) >= 11 is 0. The zero-order valence-electron chi connectivity index (χ0n) is 10.6. The number of halogens is 3. The molecule has 0 spiro atoms. The highest BCUT2D eigenvalue weighted by molar-refractivity contribution is 7.91. The largest absolute Gasteiger partial charge is 0.416 e. The maximum Gasteiger partial charge on any atom is 0.416 e. The number of benzene rings is 1. The van der Waals surface area contributed by atoms with Crippen LogP contribution in [0.15, 0.2) is 24.3 Å². The third-order valence-corrected chi connectivity index (χ3v) is 5.33. The average Bonchev–Trinajstić information content (AvgIpc) is 2.69. The van der Waals surface area contributed by atoms with Gasteiger partial charge >= 0.3 is 6.18 Å². The van der Waals surface area contributed by atoms with Gasteiger partial charge in [0.05, 0.1) is 23.2 Å². The van der Waals surface area contributed by atoms with Crippen molar-refractivity contribution >= 4 is 9.84 Å². The van der Waals surface area contributed by atoms with Crippen LogP contribution in [0.4, 0.5) is 13.2 Å². The van der Waals surface area contributed by atoms with E-state index in [0.29, 0.717) is 12.0 Å². The second-order valence-corrected chi connectivity index (χ2v) is 7.36. The fourth-order valence-electron chi connectivity index (χ4n) is 2.37. The summed E-state index contributed by atoms with van der Waals surface area (Å²) in [5.74, 6) is -0.307. The normalized spacial score (nSPS) is 23.7. The van der Waals surface area contributed by atoms with E-state index in [0.717, 1.165) is 12.1 Å². The number of alkyl halides is 3. The molecular weight excluding hydrogens is 293 g/mol. The van der Waals surface area contributed by atoms with Crippen molar-refractivity contribution in [3.05, 3.63) is 35.4 Å². The minimum absolute atomic E-state index is 0.0468. The third kappa shape index (κ3) is 3.73. The van der Waals surface area contributed by atoms with Crippen molar-refractivity contribution in [1.82, 2.24) is 0 Å². The smallest absolute Gasteiger partial charge is 0.392 e. The van der Waals surface area contributed by atoms with E-state index >= 15 is 0 Å². The van der Waals surface area contributed by atoms with E-state index in [2.05, 4.69) is 0 Å². The first-order chi connectivity index (χ1) is 9.17. The summed E-state index contributed by atoms with van der Waals surface area (Å²) in [6.07, 6.45) is -4.65. The molecule has 0 aromatic heterocycles. The fourth-order valence-corrected chi connectivity index (χ4v) is 4.23. The first kappa shape index (κ1) is 15.3. The Bertz CT molecular complexity index is 564. The molecule has 1 heterocycles. The topological polar surface area (TPSA) is 54.4 Å². The Balaban J connectivity index is 2.00. The predicted octanol–water partition coefficient (Wildman–Crippen LogP) is 2.04. The van der Waals surface area contributed by atoms with Gasteiger partial charge in [0.2, 0.25) is 0 Å². The van der Waals surface area contributed by atoms with Crippen molar-refractivity contribution in [2.75, 3.05) is 11.5 Å². The van der Waals surface area contributed by atoms with Crippen LogP contribution in [0, 0.1) is 5.92 Å². The molecule has 1 aliphatic rings. The zero-order valence-corrected chi connectivity index (χ0v) is 11.4. The molecule has 1 N–H and O–H groups in total. The fraction of sp³-hybridized carbons (Fsp3) is 0.538. The second-order valence-electron chi connectivity index (χ2n) is 5.13. The Kier molecular flexibility index (Phi) is 4.11. The number of aliphatic hydroxyl groups is 1. The van der Waals surface area contributed by atoms with E-state index in [9.17, 15) is 26.7 Å². The minimum atomic E-state index is -4.38. The lowest BCUT2D eigenvalue weighted by Gasteiger charge is -2.17. The summed E-state index contributed by atoms with van der Waals surface area (Å²) in [6.45, 7) is 0. The first-order valence-corrected chi connectivity index (χ1v) is 8.04. The first-order valence-electron chi connectivity index (χ1n) is 6.22. The van der Waals surface area contributed by atoms with Crippen molar-refractivity contribution in [3.8, 4) is 0 Å². The molecule has 112 valence electrons. The molecule has 20 heavy (non-hydrogen) atoms. The van der Waals surface area contributed by atoms with Gasteiger partial charge in [-0.05, 0) is 30.5 Å². The summed E-state index contributed by atoms with van der Waals surface area (Å²) in [4.78, 5) is 0. The molecule has 2 atom stereocenters. The van der Waals surface area contributed by atoms with Crippen LogP contribution in [-0.2, 0) is 22.4 Å². The highest BCUT2D eigenvalue weighted by atomic mass is 32.2. The summed E-state index contributed by atoms with van der Waals surface area (Å²) in [7, 11) is -3.07. The highest BCUT2D eigenvalue weighted by Gasteiger charge is 2.33. The van der Waals surface area contributed by atoms with E-state index in [1.54, 1.807) is 0 Å². The Morgan fingerprint density at radius 1 is 1.25 bits per heavy atom. The second kappa shape index (κ2) is 5.37. The van der Waals surface area contributed by atoms with Crippen LogP contribution in [0.3, 0.4) is 0 Å². The Morgan fingerprint density at radius 2 is 1.85 bits per heavy atom. The van der Waals surface area contributed by atoms with Crippen LogP contribution in [0.2, 0.25) is 0 Å². The van der Waals surface area contributed by atoms with E-state index in [-0.39, 0.29) is 23.8 Å². The van der Waals surface area contributed by atoms with Gasteiger partial charge in [-0.3, -0.25) is 0 Å². The van der Waals surface area contributed by atoms with Gasteiger partial charge in [0.1, 0.15) is 0 Å². The summed E-state index contributed by atoms with van der Waals surface area (Å²) in [6, 6.07) is 4.56. The van der Waals surface area contributed by atoms with Crippen molar-refractivity contribution < 1.29 is 26.7 Å². The van der Waals surface area contributed by atoms with Gasteiger partial charge < -0.3 is 5.11 Å². The molecule has 1 aliphatic heterocycles. The number of sulfone groups is 1. The number of rotatable bonds is 3. The summed E-state index contributed by atoms with van der Waals surface area (Å²) in [5, 5.41) is 9.98. The molecule has 1 aromatic carbocycles. The lowest BCUT2D eigenvalue weighted by molar-refractivity contribution is -0.137. The van der Waals surface area contributed by atoms with Crippen molar-refractivity contribution in [2.45, 2.75) is 25.1 Å². The van der Waals surface area contributed by atoms with Crippen molar-refractivity contribution in [2.24, 2.45) is 5.92 Å². The maximum atomic E-state index is 12.4. The highest BCUT2D eigenvalue weighted by Crippen LogP contribution is 2.30. The van der Waals surface area contributed by atoms with Gasteiger partial charge in [-0.1, -0.05) is 12.1 Å². The van der Waals surface area contributed by atoms with Gasteiger partial charge in [-0.25, -0.2) is 8.42 Å². The third-order valence-electron chi connectivity index (χ3n) is 3.54. The summed E-state index contributed by atoms with van der Waals surface area (Å²) in [5.41, 5.74) is -0.172. The van der Waals surface area contributed by atoms with Gasteiger partial charge in [0.25, 0.3) is 0 Å². The van der Waals surface area contributed by atoms with Crippen molar-refractivity contribution in [1.29, 1.82) is 0 Å². The van der Waals surface area contributed by atoms with Crippen LogP contribution >= 0.6 is 0 Å². The molecule has 1 fully saturated rings. The van der Waals surface area contributed by atoms with Crippen molar-refractivity contribution in [3.63, 3.8) is 0 Å².